The number of aliphatic hydroxyl groups excluding tert-OH is 5. The fraction of sp³-hybridized carbons (Fsp3) is 0.944. The van der Waals surface area contributed by atoms with Gasteiger partial charge >= 0.3 is 0 Å². The van der Waals surface area contributed by atoms with Gasteiger partial charge in [-0.15, -0.1) is 0 Å². The lowest BCUT2D eigenvalue weighted by atomic mass is 10.0. The molecular weight excluding hydrogens is 326 g/mol. The number of aliphatic hydroxyl groups is 5. The lowest BCUT2D eigenvalue weighted by Gasteiger charge is -2.24. The Balaban J connectivity index is 3.66. The monoisotopic (exact) mass is 363 g/mol. The molecule has 25 heavy (non-hydrogen) atoms. The van der Waals surface area contributed by atoms with E-state index in [1.54, 1.807) is 0 Å². The van der Waals surface area contributed by atoms with Crippen LogP contribution in [0.15, 0.2) is 0 Å². The van der Waals surface area contributed by atoms with Gasteiger partial charge in [0.2, 0.25) is 0 Å². The van der Waals surface area contributed by atoms with E-state index >= 15 is 0 Å². The summed E-state index contributed by atoms with van der Waals surface area (Å²) in [5.74, 6) is -0.799. The van der Waals surface area contributed by atoms with Crippen LogP contribution in [0.1, 0.15) is 71.1 Å². The summed E-state index contributed by atoms with van der Waals surface area (Å²) in [6, 6.07) is 0. The molecule has 0 heterocycles. The second-order valence-corrected chi connectivity index (χ2v) is 6.65. The summed E-state index contributed by atoms with van der Waals surface area (Å²) in [7, 11) is 0. The number of rotatable bonds is 16. The Kier molecular flexibility index (Phi) is 15.1. The summed E-state index contributed by atoms with van der Waals surface area (Å²) < 4.78 is 0. The van der Waals surface area contributed by atoms with Crippen molar-refractivity contribution in [2.75, 3.05) is 13.2 Å². The fourth-order valence-electron chi connectivity index (χ4n) is 2.61. The molecule has 1 amide bonds. The van der Waals surface area contributed by atoms with Crippen LogP contribution in [0.2, 0.25) is 0 Å². The predicted octanol–water partition coefficient (Wildman–Crippen LogP) is 0.459. The van der Waals surface area contributed by atoms with Gasteiger partial charge in [0.25, 0.3) is 5.91 Å². The number of unbranched alkanes of at least 4 members (excludes halogenated alkanes) is 9. The minimum Gasteiger partial charge on any atom is -0.394 e. The zero-order valence-corrected chi connectivity index (χ0v) is 15.4. The first-order valence-corrected chi connectivity index (χ1v) is 9.56. The van der Waals surface area contributed by atoms with Crippen molar-refractivity contribution in [1.82, 2.24) is 5.32 Å². The van der Waals surface area contributed by atoms with Gasteiger partial charge in [0, 0.05) is 6.54 Å². The van der Waals surface area contributed by atoms with Crippen LogP contribution in [0.3, 0.4) is 0 Å². The molecule has 0 rings (SSSR count). The third-order valence-electron chi connectivity index (χ3n) is 4.35. The Hall–Kier alpha value is -0.730. The molecule has 0 aromatic rings. The fourth-order valence-corrected chi connectivity index (χ4v) is 2.61. The van der Waals surface area contributed by atoms with Crippen LogP contribution in [0.25, 0.3) is 0 Å². The summed E-state index contributed by atoms with van der Waals surface area (Å²) in [5.41, 5.74) is 0. The average molecular weight is 363 g/mol. The maximum atomic E-state index is 11.7. The molecule has 6 N–H and O–H groups in total. The van der Waals surface area contributed by atoms with Gasteiger partial charge in [0.05, 0.1) is 6.61 Å². The largest absolute Gasteiger partial charge is 0.394 e. The van der Waals surface area contributed by atoms with Gasteiger partial charge in [-0.3, -0.25) is 4.79 Å². The maximum Gasteiger partial charge on any atom is 0.251 e. The van der Waals surface area contributed by atoms with Crippen molar-refractivity contribution in [2.45, 2.75) is 95.5 Å². The maximum absolute atomic E-state index is 11.7. The number of hydrogen-bond acceptors (Lipinski definition) is 6. The van der Waals surface area contributed by atoms with E-state index in [1.165, 1.54) is 44.9 Å². The topological polar surface area (TPSA) is 130 Å². The van der Waals surface area contributed by atoms with Crippen LogP contribution >= 0.6 is 0 Å². The van der Waals surface area contributed by atoms with Crippen LogP contribution in [0.4, 0.5) is 0 Å². The molecule has 0 aliphatic carbocycles. The van der Waals surface area contributed by atoms with Crippen LogP contribution in [-0.4, -0.2) is 69.0 Å². The molecule has 0 fully saturated rings. The first kappa shape index (κ1) is 24.3. The highest BCUT2D eigenvalue weighted by Gasteiger charge is 2.33. The SMILES string of the molecule is CCCCCCCCCCCCNC(=O)[C@@H](O)[C@@H](O)[C@H](O)[C@H](O)CO. The van der Waals surface area contributed by atoms with Crippen molar-refractivity contribution >= 4 is 5.91 Å². The molecule has 4 atom stereocenters. The van der Waals surface area contributed by atoms with Gasteiger partial charge < -0.3 is 30.8 Å². The first-order valence-electron chi connectivity index (χ1n) is 9.56. The summed E-state index contributed by atoms with van der Waals surface area (Å²) in [6.45, 7) is 1.82. The summed E-state index contributed by atoms with van der Waals surface area (Å²) in [4.78, 5) is 11.7. The number of nitrogens with one attached hydrogen (secondary N) is 1. The summed E-state index contributed by atoms with van der Waals surface area (Å²) in [6.07, 6.45) is 4.69. The van der Waals surface area contributed by atoms with E-state index in [4.69, 9.17) is 5.11 Å². The van der Waals surface area contributed by atoms with E-state index in [2.05, 4.69) is 12.2 Å². The van der Waals surface area contributed by atoms with Gasteiger partial charge in [0.15, 0.2) is 6.10 Å². The smallest absolute Gasteiger partial charge is 0.251 e. The van der Waals surface area contributed by atoms with Crippen molar-refractivity contribution in [3.63, 3.8) is 0 Å². The molecule has 0 aromatic heterocycles. The highest BCUT2D eigenvalue weighted by atomic mass is 16.4. The van der Waals surface area contributed by atoms with Crippen LogP contribution < -0.4 is 5.32 Å². The van der Waals surface area contributed by atoms with Crippen molar-refractivity contribution in [3.05, 3.63) is 0 Å². The van der Waals surface area contributed by atoms with Crippen LogP contribution in [0, 0.1) is 0 Å². The molecule has 0 bridgehead atoms. The lowest BCUT2D eigenvalue weighted by Crippen LogP contribution is -2.51. The van der Waals surface area contributed by atoms with E-state index in [-0.39, 0.29) is 0 Å². The molecular formula is C18H37NO6. The molecule has 7 heteroatoms. The van der Waals surface area contributed by atoms with E-state index in [0.717, 1.165) is 19.3 Å². The van der Waals surface area contributed by atoms with Crippen LogP contribution in [0.5, 0.6) is 0 Å². The molecule has 0 aliphatic heterocycles. The number of amides is 1. The third-order valence-corrected chi connectivity index (χ3v) is 4.35. The Morgan fingerprint density at radius 2 is 1.28 bits per heavy atom. The van der Waals surface area contributed by atoms with E-state index in [1.807, 2.05) is 0 Å². The Labute approximate surface area is 151 Å². The molecule has 0 saturated heterocycles. The van der Waals surface area contributed by atoms with E-state index < -0.39 is 36.9 Å². The molecule has 0 aliphatic rings. The number of carbonyl (C=O) groups excluding carboxylic acids is 1. The summed E-state index contributed by atoms with van der Waals surface area (Å²) >= 11 is 0. The normalized spacial score (nSPS) is 16.2. The molecule has 7 nitrogen and oxygen atoms in total. The molecule has 0 unspecified atom stereocenters. The highest BCUT2D eigenvalue weighted by Crippen LogP contribution is 2.10. The Morgan fingerprint density at radius 1 is 0.800 bits per heavy atom. The molecule has 150 valence electrons. The van der Waals surface area contributed by atoms with E-state index in [0.29, 0.717) is 6.54 Å². The standard InChI is InChI=1S/C18H37NO6/c1-2-3-4-5-6-7-8-9-10-11-12-19-18(25)17(24)16(23)15(22)14(21)13-20/h14-17,20-24H,2-13H2,1H3,(H,19,25)/t14-,15-,16+,17+/m1/s1. The molecule has 0 aromatic carbocycles. The molecule has 0 saturated carbocycles. The van der Waals surface area contributed by atoms with Gasteiger partial charge in [0.1, 0.15) is 18.3 Å². The summed E-state index contributed by atoms with van der Waals surface area (Å²) in [5, 5.41) is 49.1. The van der Waals surface area contributed by atoms with Crippen molar-refractivity contribution in [3.8, 4) is 0 Å². The zero-order valence-electron chi connectivity index (χ0n) is 15.4. The second-order valence-electron chi connectivity index (χ2n) is 6.65. The third kappa shape index (κ3) is 11.5. The van der Waals surface area contributed by atoms with Crippen molar-refractivity contribution < 1.29 is 30.3 Å². The Bertz CT molecular complexity index is 329. The van der Waals surface area contributed by atoms with E-state index in [9.17, 15) is 25.2 Å². The average Bonchev–Trinajstić information content (AvgIpc) is 2.63. The minimum absolute atomic E-state index is 0.387. The highest BCUT2D eigenvalue weighted by molar-refractivity contribution is 5.81. The Morgan fingerprint density at radius 3 is 1.76 bits per heavy atom. The molecule has 0 spiro atoms. The van der Waals surface area contributed by atoms with Crippen molar-refractivity contribution in [2.24, 2.45) is 0 Å². The zero-order chi connectivity index (χ0) is 19.1. The quantitative estimate of drug-likeness (QED) is 0.221. The molecule has 0 radical (unpaired) electrons. The second kappa shape index (κ2) is 15.5. The number of carbonyl (C=O) groups is 1. The van der Waals surface area contributed by atoms with Gasteiger partial charge in [-0.05, 0) is 6.42 Å². The van der Waals surface area contributed by atoms with Crippen molar-refractivity contribution in [1.29, 1.82) is 0 Å². The minimum atomic E-state index is -1.85. The number of hydrogen-bond donors (Lipinski definition) is 6. The first-order chi connectivity index (χ1) is 12.0. The predicted molar refractivity (Wildman–Crippen MR) is 96.0 cm³/mol. The van der Waals surface area contributed by atoms with Crippen LogP contribution in [-0.2, 0) is 4.79 Å². The van der Waals surface area contributed by atoms with Gasteiger partial charge in [-0.25, -0.2) is 0 Å². The van der Waals surface area contributed by atoms with Gasteiger partial charge in [-0.1, -0.05) is 64.7 Å². The van der Waals surface area contributed by atoms with Gasteiger partial charge in [-0.2, -0.15) is 0 Å². The lowest BCUT2D eigenvalue weighted by molar-refractivity contribution is -0.148.